The van der Waals surface area contributed by atoms with Gasteiger partial charge in [-0.3, -0.25) is 0 Å². The molecule has 12 heteroatoms. The van der Waals surface area contributed by atoms with E-state index < -0.39 is 24.0 Å². The molecule has 1 aromatic rings. The molecule has 2 aliphatic rings. The zero-order valence-corrected chi connectivity index (χ0v) is 17.3. The molecule has 0 unspecified atom stereocenters. The summed E-state index contributed by atoms with van der Waals surface area (Å²) in [6.07, 6.45) is -3.96. The lowest BCUT2D eigenvalue weighted by Crippen LogP contribution is -2.51. The summed E-state index contributed by atoms with van der Waals surface area (Å²) in [6.45, 7) is 8.05. The number of nitrogens with zero attached hydrogens (tertiary/aromatic N) is 4. The van der Waals surface area contributed by atoms with Crippen LogP contribution in [-0.4, -0.2) is 64.3 Å². The van der Waals surface area contributed by atoms with Crippen molar-refractivity contribution in [3.8, 4) is 0 Å². The van der Waals surface area contributed by atoms with Gasteiger partial charge in [0.1, 0.15) is 5.69 Å². The lowest BCUT2D eigenvalue weighted by atomic mass is 9.72. The molecule has 3 heterocycles. The summed E-state index contributed by atoms with van der Waals surface area (Å²) in [5.41, 5.74) is -0.664. The third-order valence-electron chi connectivity index (χ3n) is 5.71. The molecular weight excluding hydrogens is 430 g/mol. The van der Waals surface area contributed by atoms with E-state index in [-0.39, 0.29) is 11.4 Å². The number of piperidine rings is 2. The Kier molecular flexibility index (Phi) is 7.77. The second-order valence-corrected chi connectivity index (χ2v) is 8.20. The lowest BCUT2D eigenvalue weighted by molar-refractivity contribution is -0.192. The van der Waals surface area contributed by atoms with Gasteiger partial charge in [-0.05, 0) is 64.1 Å². The maximum atomic E-state index is 12.9. The zero-order valence-electron chi connectivity index (χ0n) is 17.3. The Morgan fingerprint density at radius 1 is 1.10 bits per heavy atom. The second-order valence-electron chi connectivity index (χ2n) is 8.20. The minimum atomic E-state index is -5.08. The Morgan fingerprint density at radius 2 is 1.68 bits per heavy atom. The van der Waals surface area contributed by atoms with E-state index in [1.807, 2.05) is 4.90 Å². The lowest BCUT2D eigenvalue weighted by Gasteiger charge is -2.48. The van der Waals surface area contributed by atoms with Gasteiger partial charge in [0.05, 0.1) is 0 Å². The van der Waals surface area contributed by atoms with Crippen molar-refractivity contribution < 1.29 is 36.2 Å². The number of carbonyl (C=O) groups is 1. The molecule has 2 saturated heterocycles. The summed E-state index contributed by atoms with van der Waals surface area (Å²) >= 11 is 0. The van der Waals surface area contributed by atoms with Gasteiger partial charge < -0.3 is 14.9 Å². The van der Waals surface area contributed by atoms with Crippen molar-refractivity contribution in [1.82, 2.24) is 14.9 Å². The van der Waals surface area contributed by atoms with Gasteiger partial charge in [0.15, 0.2) is 0 Å². The van der Waals surface area contributed by atoms with Crippen molar-refractivity contribution in [2.45, 2.75) is 57.9 Å². The van der Waals surface area contributed by atoms with Crippen LogP contribution in [-0.2, 0) is 11.0 Å². The number of aromatic nitrogens is 2. The van der Waals surface area contributed by atoms with Gasteiger partial charge in [0.25, 0.3) is 0 Å². The molecule has 1 spiro atoms. The standard InChI is InChI=1S/C17H25F3N4.C2HF3O2/c1-13(2)23-10-6-16(7-11-23)5-3-9-24(12-16)15-21-8-4-14(22-15)17(18,19)20;3-2(4,5)1(6)7/h4,8,13H,3,5-7,9-12H2,1-2H3;(H,6,7). The summed E-state index contributed by atoms with van der Waals surface area (Å²) < 4.78 is 70.4. The maximum Gasteiger partial charge on any atom is 0.490 e. The summed E-state index contributed by atoms with van der Waals surface area (Å²) in [4.78, 5) is 21.2. The Hall–Kier alpha value is -2.11. The normalized spacial score (nSPS) is 19.8. The van der Waals surface area contributed by atoms with Crippen LogP contribution in [0.2, 0.25) is 0 Å². The van der Waals surface area contributed by atoms with Gasteiger partial charge in [0.2, 0.25) is 5.95 Å². The topological polar surface area (TPSA) is 69.6 Å². The molecular formula is C19H26F6N4O2. The maximum absolute atomic E-state index is 12.9. The van der Waals surface area contributed by atoms with Crippen molar-refractivity contribution in [3.05, 3.63) is 18.0 Å². The highest BCUT2D eigenvalue weighted by molar-refractivity contribution is 5.73. The van der Waals surface area contributed by atoms with Gasteiger partial charge in [-0.25, -0.2) is 14.8 Å². The summed E-state index contributed by atoms with van der Waals surface area (Å²) in [7, 11) is 0. The number of carboxylic acid groups (broad SMARTS) is 1. The van der Waals surface area contributed by atoms with E-state index in [2.05, 4.69) is 28.7 Å². The highest BCUT2D eigenvalue weighted by Crippen LogP contribution is 2.41. The molecule has 0 aliphatic carbocycles. The Balaban J connectivity index is 0.000000423. The predicted molar refractivity (Wildman–Crippen MR) is 101 cm³/mol. The largest absolute Gasteiger partial charge is 0.490 e. The van der Waals surface area contributed by atoms with Crippen molar-refractivity contribution in [1.29, 1.82) is 0 Å². The second kappa shape index (κ2) is 9.58. The Labute approximate surface area is 176 Å². The molecule has 1 aromatic heterocycles. The number of halogens is 6. The molecule has 1 N–H and O–H groups in total. The van der Waals surface area contributed by atoms with E-state index in [4.69, 9.17) is 9.90 Å². The van der Waals surface area contributed by atoms with E-state index in [9.17, 15) is 26.3 Å². The third kappa shape index (κ3) is 6.94. The van der Waals surface area contributed by atoms with Gasteiger partial charge in [0, 0.05) is 25.3 Å². The Morgan fingerprint density at radius 3 is 2.16 bits per heavy atom. The van der Waals surface area contributed by atoms with E-state index in [0.29, 0.717) is 6.04 Å². The number of hydrogen-bond acceptors (Lipinski definition) is 5. The fourth-order valence-electron chi connectivity index (χ4n) is 3.96. The molecule has 0 atom stereocenters. The molecule has 31 heavy (non-hydrogen) atoms. The number of alkyl halides is 6. The van der Waals surface area contributed by atoms with Crippen molar-refractivity contribution in [2.24, 2.45) is 5.41 Å². The molecule has 2 aliphatic heterocycles. The summed E-state index contributed by atoms with van der Waals surface area (Å²) in [5.74, 6) is -2.54. The van der Waals surface area contributed by atoms with E-state index in [1.54, 1.807) is 0 Å². The van der Waals surface area contributed by atoms with Crippen molar-refractivity contribution in [3.63, 3.8) is 0 Å². The van der Waals surface area contributed by atoms with Crippen molar-refractivity contribution >= 4 is 11.9 Å². The van der Waals surface area contributed by atoms with Gasteiger partial charge in [-0.1, -0.05) is 0 Å². The van der Waals surface area contributed by atoms with E-state index in [0.717, 1.165) is 57.9 Å². The van der Waals surface area contributed by atoms with Crippen LogP contribution in [0, 0.1) is 5.41 Å². The highest BCUT2D eigenvalue weighted by Gasteiger charge is 2.40. The number of aliphatic carboxylic acids is 1. The average Bonchev–Trinajstić information content (AvgIpc) is 2.67. The average molecular weight is 456 g/mol. The van der Waals surface area contributed by atoms with Crippen LogP contribution >= 0.6 is 0 Å². The Bertz CT molecular complexity index is 746. The summed E-state index contributed by atoms with van der Waals surface area (Å²) in [6, 6.07) is 1.48. The van der Waals surface area contributed by atoms with Crippen LogP contribution < -0.4 is 4.90 Å². The first-order valence-corrected chi connectivity index (χ1v) is 9.93. The number of likely N-dealkylation sites (tertiary alicyclic amines) is 1. The molecule has 0 aromatic carbocycles. The van der Waals surface area contributed by atoms with E-state index >= 15 is 0 Å². The first kappa shape index (κ1) is 25.2. The first-order chi connectivity index (χ1) is 14.2. The molecule has 3 rings (SSSR count). The molecule has 176 valence electrons. The predicted octanol–water partition coefficient (Wildman–Crippen LogP) is 4.22. The van der Waals surface area contributed by atoms with Crippen molar-refractivity contribution in [2.75, 3.05) is 31.1 Å². The molecule has 6 nitrogen and oxygen atoms in total. The van der Waals surface area contributed by atoms with Crippen LogP contribution in [0.4, 0.5) is 32.3 Å². The fraction of sp³-hybridized carbons (Fsp3) is 0.737. The molecule has 0 radical (unpaired) electrons. The van der Waals surface area contributed by atoms with Crippen LogP contribution in [0.3, 0.4) is 0 Å². The van der Waals surface area contributed by atoms with Gasteiger partial charge in [-0.2, -0.15) is 26.3 Å². The first-order valence-electron chi connectivity index (χ1n) is 9.93. The number of anilines is 1. The number of carboxylic acids is 1. The quantitative estimate of drug-likeness (QED) is 0.673. The zero-order chi connectivity index (χ0) is 23.4. The third-order valence-corrected chi connectivity index (χ3v) is 5.71. The van der Waals surface area contributed by atoms with Gasteiger partial charge >= 0.3 is 18.3 Å². The minimum absolute atomic E-state index is 0.196. The highest BCUT2D eigenvalue weighted by atomic mass is 19.4. The monoisotopic (exact) mass is 456 g/mol. The SMILES string of the molecule is CC(C)N1CCC2(CCCN(c3nccc(C(F)(F)F)n3)C2)CC1.O=C(O)C(F)(F)F. The van der Waals surface area contributed by atoms with Gasteiger partial charge in [-0.15, -0.1) is 0 Å². The number of hydrogen-bond donors (Lipinski definition) is 1. The van der Waals surface area contributed by atoms with Crippen LogP contribution in [0.1, 0.15) is 45.2 Å². The van der Waals surface area contributed by atoms with Crippen LogP contribution in [0.25, 0.3) is 0 Å². The minimum Gasteiger partial charge on any atom is -0.475 e. The molecule has 0 saturated carbocycles. The molecule has 2 fully saturated rings. The smallest absolute Gasteiger partial charge is 0.475 e. The van der Waals surface area contributed by atoms with E-state index in [1.165, 1.54) is 6.20 Å². The molecule has 0 amide bonds. The number of rotatable bonds is 2. The van der Waals surface area contributed by atoms with Crippen LogP contribution in [0.15, 0.2) is 12.3 Å². The molecule has 0 bridgehead atoms. The fourth-order valence-corrected chi connectivity index (χ4v) is 3.96. The summed E-state index contributed by atoms with van der Waals surface area (Å²) in [5, 5.41) is 7.12. The van der Waals surface area contributed by atoms with Crippen LogP contribution in [0.5, 0.6) is 0 Å².